The van der Waals surface area contributed by atoms with E-state index in [1.807, 2.05) is 32.0 Å². The molecule has 1 heterocycles. The zero-order valence-corrected chi connectivity index (χ0v) is 12.5. The number of anilines is 3. The SMILES string of the molecule is CCNc1nc(Nc2cc(C)ccc2C)cc(C(F)(F)F)n1. The third-order valence-electron chi connectivity index (χ3n) is 3.01. The molecular formula is C15H17F3N4. The lowest BCUT2D eigenvalue weighted by molar-refractivity contribution is -0.141. The fourth-order valence-electron chi connectivity index (χ4n) is 1.90. The van der Waals surface area contributed by atoms with E-state index in [2.05, 4.69) is 20.6 Å². The number of aryl methyl sites for hydroxylation is 2. The Kier molecular flexibility index (Phi) is 4.54. The monoisotopic (exact) mass is 310 g/mol. The van der Waals surface area contributed by atoms with Crippen LogP contribution in [-0.2, 0) is 6.18 Å². The van der Waals surface area contributed by atoms with Gasteiger partial charge in [0.2, 0.25) is 5.95 Å². The van der Waals surface area contributed by atoms with E-state index in [1.165, 1.54) is 0 Å². The van der Waals surface area contributed by atoms with E-state index in [0.717, 1.165) is 17.2 Å². The third kappa shape index (κ3) is 3.87. The molecule has 0 aliphatic heterocycles. The molecule has 1 aromatic carbocycles. The number of nitrogens with zero attached hydrogens (tertiary/aromatic N) is 2. The quantitative estimate of drug-likeness (QED) is 0.884. The van der Waals surface area contributed by atoms with Crippen molar-refractivity contribution in [2.45, 2.75) is 26.9 Å². The molecule has 0 saturated carbocycles. The van der Waals surface area contributed by atoms with Gasteiger partial charge in [0.1, 0.15) is 5.82 Å². The van der Waals surface area contributed by atoms with Crippen LogP contribution in [-0.4, -0.2) is 16.5 Å². The summed E-state index contributed by atoms with van der Waals surface area (Å²) < 4.78 is 38.8. The predicted octanol–water partition coefficient (Wildman–Crippen LogP) is 4.29. The molecule has 0 aliphatic rings. The van der Waals surface area contributed by atoms with Crippen molar-refractivity contribution in [3.63, 3.8) is 0 Å². The van der Waals surface area contributed by atoms with Gasteiger partial charge in [-0.25, -0.2) is 4.98 Å². The van der Waals surface area contributed by atoms with Crippen molar-refractivity contribution < 1.29 is 13.2 Å². The minimum Gasteiger partial charge on any atom is -0.354 e. The van der Waals surface area contributed by atoms with Gasteiger partial charge >= 0.3 is 6.18 Å². The van der Waals surface area contributed by atoms with Gasteiger partial charge in [-0.1, -0.05) is 12.1 Å². The highest BCUT2D eigenvalue weighted by atomic mass is 19.4. The van der Waals surface area contributed by atoms with Crippen LogP contribution in [0.3, 0.4) is 0 Å². The maximum absolute atomic E-state index is 12.9. The van der Waals surface area contributed by atoms with Crippen LogP contribution in [0.4, 0.5) is 30.6 Å². The second kappa shape index (κ2) is 6.21. The third-order valence-corrected chi connectivity index (χ3v) is 3.01. The number of aromatic nitrogens is 2. The van der Waals surface area contributed by atoms with Gasteiger partial charge in [0, 0.05) is 18.3 Å². The smallest absolute Gasteiger partial charge is 0.354 e. The molecule has 0 spiro atoms. The van der Waals surface area contributed by atoms with E-state index >= 15 is 0 Å². The Morgan fingerprint density at radius 3 is 2.45 bits per heavy atom. The standard InChI is InChI=1S/C15H17F3N4/c1-4-19-14-21-12(15(16,17)18)8-13(22-14)20-11-7-9(2)5-6-10(11)3/h5-8H,4H2,1-3H3,(H2,19,20,21,22). The van der Waals surface area contributed by atoms with E-state index in [9.17, 15) is 13.2 Å². The summed E-state index contributed by atoms with van der Waals surface area (Å²) in [6, 6.07) is 6.60. The van der Waals surface area contributed by atoms with Crippen molar-refractivity contribution in [3.8, 4) is 0 Å². The molecule has 118 valence electrons. The van der Waals surface area contributed by atoms with Gasteiger partial charge in [-0.3, -0.25) is 0 Å². The Labute approximate surface area is 126 Å². The van der Waals surface area contributed by atoms with Gasteiger partial charge in [0.05, 0.1) is 0 Å². The molecule has 0 amide bonds. The zero-order valence-electron chi connectivity index (χ0n) is 12.5. The van der Waals surface area contributed by atoms with E-state index in [-0.39, 0.29) is 11.8 Å². The molecule has 1 aromatic heterocycles. The summed E-state index contributed by atoms with van der Waals surface area (Å²) in [7, 11) is 0. The Hall–Kier alpha value is -2.31. The molecular weight excluding hydrogens is 293 g/mol. The number of alkyl halides is 3. The van der Waals surface area contributed by atoms with Crippen molar-refractivity contribution in [1.82, 2.24) is 9.97 Å². The first kappa shape index (κ1) is 16.1. The molecule has 4 nitrogen and oxygen atoms in total. The van der Waals surface area contributed by atoms with E-state index in [4.69, 9.17) is 0 Å². The van der Waals surface area contributed by atoms with Crippen LogP contribution in [0.1, 0.15) is 23.7 Å². The first-order valence-electron chi connectivity index (χ1n) is 6.84. The number of nitrogens with one attached hydrogen (secondary N) is 2. The van der Waals surface area contributed by atoms with Crippen LogP contribution < -0.4 is 10.6 Å². The number of halogens is 3. The fraction of sp³-hybridized carbons (Fsp3) is 0.333. The van der Waals surface area contributed by atoms with Crippen molar-refractivity contribution in [2.24, 2.45) is 0 Å². The maximum Gasteiger partial charge on any atom is 0.433 e. The summed E-state index contributed by atoms with van der Waals surface area (Å²) in [6.07, 6.45) is -4.52. The zero-order chi connectivity index (χ0) is 16.3. The number of rotatable bonds is 4. The van der Waals surface area contributed by atoms with E-state index < -0.39 is 11.9 Å². The summed E-state index contributed by atoms with van der Waals surface area (Å²) in [4.78, 5) is 7.56. The molecule has 0 fully saturated rings. The van der Waals surface area contributed by atoms with E-state index in [0.29, 0.717) is 12.2 Å². The molecule has 22 heavy (non-hydrogen) atoms. The van der Waals surface area contributed by atoms with Crippen LogP contribution in [0.25, 0.3) is 0 Å². The highest BCUT2D eigenvalue weighted by Crippen LogP contribution is 2.31. The molecule has 0 aliphatic carbocycles. The van der Waals surface area contributed by atoms with Crippen LogP contribution in [0, 0.1) is 13.8 Å². The highest BCUT2D eigenvalue weighted by molar-refractivity contribution is 5.62. The van der Waals surface area contributed by atoms with Crippen molar-refractivity contribution in [2.75, 3.05) is 17.2 Å². The molecule has 7 heteroatoms. The Bertz CT molecular complexity index is 668. The van der Waals surface area contributed by atoms with Gasteiger partial charge in [0.25, 0.3) is 0 Å². The molecule has 0 unspecified atom stereocenters. The molecule has 2 aromatic rings. The average molecular weight is 310 g/mol. The van der Waals surface area contributed by atoms with Gasteiger partial charge in [0.15, 0.2) is 5.69 Å². The van der Waals surface area contributed by atoms with Gasteiger partial charge in [-0.05, 0) is 38.0 Å². The lowest BCUT2D eigenvalue weighted by atomic mass is 10.1. The van der Waals surface area contributed by atoms with Crippen LogP contribution >= 0.6 is 0 Å². The van der Waals surface area contributed by atoms with Gasteiger partial charge in [-0.2, -0.15) is 18.2 Å². The number of benzene rings is 1. The normalized spacial score (nSPS) is 11.4. The lowest BCUT2D eigenvalue weighted by Crippen LogP contribution is -2.13. The highest BCUT2D eigenvalue weighted by Gasteiger charge is 2.33. The van der Waals surface area contributed by atoms with Crippen molar-refractivity contribution in [3.05, 3.63) is 41.1 Å². The Morgan fingerprint density at radius 1 is 1.09 bits per heavy atom. The van der Waals surface area contributed by atoms with Gasteiger partial charge < -0.3 is 10.6 Å². The Morgan fingerprint density at radius 2 is 1.82 bits per heavy atom. The fourth-order valence-corrected chi connectivity index (χ4v) is 1.90. The molecule has 0 atom stereocenters. The van der Waals surface area contributed by atoms with Crippen molar-refractivity contribution >= 4 is 17.5 Å². The molecule has 0 radical (unpaired) electrons. The molecule has 0 saturated heterocycles. The van der Waals surface area contributed by atoms with E-state index in [1.54, 1.807) is 6.92 Å². The summed E-state index contributed by atoms with van der Waals surface area (Å²) in [6.45, 7) is 5.99. The summed E-state index contributed by atoms with van der Waals surface area (Å²) in [5, 5.41) is 5.64. The van der Waals surface area contributed by atoms with Crippen molar-refractivity contribution in [1.29, 1.82) is 0 Å². The summed E-state index contributed by atoms with van der Waals surface area (Å²) >= 11 is 0. The topological polar surface area (TPSA) is 49.8 Å². The average Bonchev–Trinajstić information content (AvgIpc) is 2.42. The first-order chi connectivity index (χ1) is 10.3. The molecule has 2 rings (SSSR count). The first-order valence-corrected chi connectivity index (χ1v) is 6.84. The van der Waals surface area contributed by atoms with Crippen LogP contribution in [0.15, 0.2) is 24.3 Å². The number of hydrogen-bond donors (Lipinski definition) is 2. The summed E-state index contributed by atoms with van der Waals surface area (Å²) in [5.41, 5.74) is 1.66. The minimum atomic E-state index is -4.52. The minimum absolute atomic E-state index is 0.0508. The van der Waals surface area contributed by atoms with Crippen LogP contribution in [0.5, 0.6) is 0 Å². The largest absolute Gasteiger partial charge is 0.433 e. The summed E-state index contributed by atoms with van der Waals surface area (Å²) in [5.74, 6) is 0.0529. The number of hydrogen-bond acceptors (Lipinski definition) is 4. The molecule has 2 N–H and O–H groups in total. The van der Waals surface area contributed by atoms with Crippen LogP contribution in [0.2, 0.25) is 0 Å². The molecule has 0 bridgehead atoms. The lowest BCUT2D eigenvalue weighted by Gasteiger charge is -2.14. The second-order valence-electron chi connectivity index (χ2n) is 4.93. The second-order valence-corrected chi connectivity index (χ2v) is 4.93. The maximum atomic E-state index is 12.9. The Balaban J connectivity index is 2.41. The predicted molar refractivity (Wildman–Crippen MR) is 80.4 cm³/mol. The van der Waals surface area contributed by atoms with Gasteiger partial charge in [-0.15, -0.1) is 0 Å².